The number of aryl methyl sites for hydroxylation is 3. The van der Waals surface area contributed by atoms with Crippen molar-refractivity contribution in [2.24, 2.45) is 7.05 Å². The van der Waals surface area contributed by atoms with E-state index in [-0.39, 0.29) is 5.56 Å². The van der Waals surface area contributed by atoms with Gasteiger partial charge in [0.05, 0.1) is 6.54 Å². The first-order chi connectivity index (χ1) is 27.4. The fourth-order valence-electron chi connectivity index (χ4n) is 8.20. The van der Waals surface area contributed by atoms with Crippen LogP contribution < -0.4 is 5.56 Å². The fraction of sp³-hybridized carbons (Fsp3) is 0.149. The molecule has 0 saturated heterocycles. The molecule has 0 fully saturated rings. The van der Waals surface area contributed by atoms with E-state index in [0.29, 0.717) is 23.4 Å². The smallest absolute Gasteiger partial charge is 0.258 e. The van der Waals surface area contributed by atoms with Crippen LogP contribution >= 0.6 is 0 Å². The maximum atomic E-state index is 14.1. The van der Waals surface area contributed by atoms with Crippen molar-refractivity contribution in [1.82, 2.24) is 39.3 Å². The minimum Gasteiger partial charge on any atom is -0.308 e. The van der Waals surface area contributed by atoms with Crippen molar-refractivity contribution in [3.8, 4) is 22.6 Å². The number of aromatic nitrogens is 8. The third kappa shape index (κ3) is 5.62. The van der Waals surface area contributed by atoms with E-state index in [1.807, 2.05) is 85.8 Å². The van der Waals surface area contributed by atoms with Crippen molar-refractivity contribution in [1.29, 1.82) is 0 Å². The Hall–Kier alpha value is -7.00. The highest BCUT2D eigenvalue weighted by Crippen LogP contribution is 2.41. The van der Waals surface area contributed by atoms with E-state index >= 15 is 0 Å². The first-order valence-electron chi connectivity index (χ1n) is 18.9. The lowest BCUT2D eigenvalue weighted by Gasteiger charge is -2.34. The van der Waals surface area contributed by atoms with Crippen LogP contribution in [0.5, 0.6) is 0 Å². The molecule has 9 heteroatoms. The summed E-state index contributed by atoms with van der Waals surface area (Å²) in [6, 6.07) is 49.1. The van der Waals surface area contributed by atoms with Crippen LogP contribution in [-0.2, 0) is 25.6 Å². The maximum absolute atomic E-state index is 14.1. The Balaban J connectivity index is 1.22. The molecule has 0 unspecified atom stereocenters. The van der Waals surface area contributed by atoms with Gasteiger partial charge in [-0.15, -0.1) is 15.0 Å². The Kier molecular flexibility index (Phi) is 8.69. The molecule has 4 heterocycles. The largest absolute Gasteiger partial charge is 0.308 e. The lowest BCUT2D eigenvalue weighted by molar-refractivity contribution is 0.395. The van der Waals surface area contributed by atoms with Crippen molar-refractivity contribution in [3.05, 3.63) is 195 Å². The van der Waals surface area contributed by atoms with Crippen molar-refractivity contribution in [2.75, 3.05) is 0 Å². The molecule has 0 aliphatic rings. The van der Waals surface area contributed by atoms with E-state index in [0.717, 1.165) is 73.4 Å². The Labute approximate surface area is 324 Å². The minimum atomic E-state index is -0.965. The monoisotopic (exact) mass is 732 g/mol. The van der Waals surface area contributed by atoms with E-state index < -0.39 is 5.54 Å². The molecule has 0 saturated carbocycles. The van der Waals surface area contributed by atoms with Gasteiger partial charge in [0.2, 0.25) is 5.82 Å². The normalized spacial score (nSPS) is 11.8. The summed E-state index contributed by atoms with van der Waals surface area (Å²) in [4.78, 5) is 25.6. The van der Waals surface area contributed by atoms with E-state index in [9.17, 15) is 4.79 Å². The lowest BCUT2D eigenvalue weighted by Crippen LogP contribution is -2.39. The molecule has 274 valence electrons. The fourth-order valence-corrected chi connectivity index (χ4v) is 8.20. The second-order valence-electron chi connectivity index (χ2n) is 14.3. The molecule has 0 radical (unpaired) electrons. The van der Waals surface area contributed by atoms with Gasteiger partial charge < -0.3 is 9.13 Å². The summed E-state index contributed by atoms with van der Waals surface area (Å²) in [5.74, 6) is 1.35. The molecule has 9 aromatic rings. The van der Waals surface area contributed by atoms with Crippen LogP contribution in [0.25, 0.3) is 44.6 Å². The summed E-state index contributed by atoms with van der Waals surface area (Å²) in [5, 5.41) is 16.3. The Morgan fingerprint density at radius 3 is 1.84 bits per heavy atom. The van der Waals surface area contributed by atoms with Crippen LogP contribution in [0.15, 0.2) is 150 Å². The Morgan fingerprint density at radius 2 is 1.25 bits per heavy atom. The number of hydrogen-bond acceptors (Lipinski definition) is 6. The summed E-state index contributed by atoms with van der Waals surface area (Å²) in [5.41, 5.74) is 9.26. The Morgan fingerprint density at radius 1 is 0.679 bits per heavy atom. The van der Waals surface area contributed by atoms with Gasteiger partial charge in [-0.2, -0.15) is 0 Å². The standard InChI is InChI=1S/C47H40N8O/c1-5-40-49-42-31(2)29-32(3)48-45(42)54(40)30-33-25-27-34(28-26-33)41-38-23-15-16-24-39(38)46(56)53(4)43(41)44-50-52-55(51-44)47(35-17-9-6-10-18-35,36-19-11-7-12-20-36)37-21-13-8-14-22-37/h6-29H,5,30H2,1-4H3. The zero-order chi connectivity index (χ0) is 38.4. The topological polar surface area (TPSA) is 96.3 Å². The zero-order valence-corrected chi connectivity index (χ0v) is 31.8. The quantitative estimate of drug-likeness (QED) is 0.138. The first kappa shape index (κ1) is 34.7. The summed E-state index contributed by atoms with van der Waals surface area (Å²) < 4.78 is 3.88. The van der Waals surface area contributed by atoms with Crippen LogP contribution in [0.3, 0.4) is 0 Å². The molecule has 0 bridgehead atoms. The summed E-state index contributed by atoms with van der Waals surface area (Å²) in [7, 11) is 1.79. The van der Waals surface area contributed by atoms with Crippen LogP contribution in [0.1, 0.15) is 46.3 Å². The first-order valence-corrected chi connectivity index (χ1v) is 18.9. The van der Waals surface area contributed by atoms with E-state index in [1.54, 1.807) is 16.4 Å². The van der Waals surface area contributed by atoms with Crippen LogP contribution in [0.4, 0.5) is 0 Å². The number of hydrogen-bond donors (Lipinski definition) is 0. The number of pyridine rings is 2. The minimum absolute atomic E-state index is 0.134. The van der Waals surface area contributed by atoms with Crippen molar-refractivity contribution in [3.63, 3.8) is 0 Å². The van der Waals surface area contributed by atoms with Crippen molar-refractivity contribution >= 4 is 21.9 Å². The summed E-state index contributed by atoms with van der Waals surface area (Å²) in [6.07, 6.45) is 0.800. The van der Waals surface area contributed by atoms with E-state index in [1.165, 1.54) is 0 Å². The number of imidazole rings is 1. The molecule has 0 aliphatic carbocycles. The van der Waals surface area contributed by atoms with Crippen molar-refractivity contribution < 1.29 is 0 Å². The third-order valence-corrected chi connectivity index (χ3v) is 10.8. The second kappa shape index (κ2) is 14.0. The molecule has 9 nitrogen and oxygen atoms in total. The van der Waals surface area contributed by atoms with Crippen LogP contribution in [-0.4, -0.2) is 39.3 Å². The maximum Gasteiger partial charge on any atom is 0.258 e. The highest BCUT2D eigenvalue weighted by molar-refractivity contribution is 6.01. The number of rotatable bonds is 9. The van der Waals surface area contributed by atoms with Gasteiger partial charge in [-0.1, -0.05) is 140 Å². The number of nitrogens with zero attached hydrogens (tertiary/aromatic N) is 8. The van der Waals surface area contributed by atoms with Gasteiger partial charge in [0, 0.05) is 30.1 Å². The van der Waals surface area contributed by atoms with Crippen molar-refractivity contribution in [2.45, 2.75) is 39.3 Å². The molecule has 0 spiro atoms. The van der Waals surface area contributed by atoms with Gasteiger partial charge in [-0.3, -0.25) is 4.79 Å². The molecule has 0 aliphatic heterocycles. The van der Waals surface area contributed by atoms with Gasteiger partial charge >= 0.3 is 0 Å². The number of tetrazole rings is 1. The van der Waals surface area contributed by atoms with Crippen LogP contribution in [0.2, 0.25) is 0 Å². The van der Waals surface area contributed by atoms with Crippen LogP contribution in [0, 0.1) is 13.8 Å². The average molecular weight is 733 g/mol. The lowest BCUT2D eigenvalue weighted by atomic mass is 9.77. The molecule has 0 N–H and O–H groups in total. The van der Waals surface area contributed by atoms with Gasteiger partial charge in [0.25, 0.3) is 5.56 Å². The second-order valence-corrected chi connectivity index (χ2v) is 14.3. The van der Waals surface area contributed by atoms with Gasteiger partial charge in [-0.05, 0) is 70.0 Å². The predicted octanol–water partition coefficient (Wildman–Crippen LogP) is 8.67. The molecular formula is C47H40N8O. The summed E-state index contributed by atoms with van der Waals surface area (Å²) >= 11 is 0. The van der Waals surface area contributed by atoms with Gasteiger partial charge in [0.1, 0.15) is 17.0 Å². The highest BCUT2D eigenvalue weighted by atomic mass is 16.1. The van der Waals surface area contributed by atoms with E-state index in [4.69, 9.17) is 25.4 Å². The molecule has 56 heavy (non-hydrogen) atoms. The SMILES string of the molecule is CCc1nc2c(C)cc(C)nc2n1Cc1ccc(-c2c(-c3nnn(C(c4ccccc4)(c4ccccc4)c4ccccc4)n3)n(C)c(=O)c3ccccc23)cc1. The predicted molar refractivity (Wildman–Crippen MR) is 222 cm³/mol. The molecule has 9 rings (SSSR count). The molecule has 0 atom stereocenters. The Bertz CT molecular complexity index is 2820. The molecule has 5 aromatic carbocycles. The molecule has 0 amide bonds. The van der Waals surface area contributed by atoms with Gasteiger partial charge in [0.15, 0.2) is 11.2 Å². The number of fused-ring (bicyclic) bond motifs is 2. The third-order valence-electron chi connectivity index (χ3n) is 10.8. The number of benzene rings is 5. The van der Waals surface area contributed by atoms with E-state index in [2.05, 4.69) is 85.1 Å². The van der Waals surface area contributed by atoms with Gasteiger partial charge in [-0.25, -0.2) is 9.97 Å². The highest BCUT2D eigenvalue weighted by Gasteiger charge is 2.41. The molecular weight excluding hydrogens is 693 g/mol. The summed E-state index contributed by atoms with van der Waals surface area (Å²) in [6.45, 7) is 6.88. The zero-order valence-electron chi connectivity index (χ0n) is 31.8. The molecule has 4 aromatic heterocycles. The average Bonchev–Trinajstić information content (AvgIpc) is 3.86.